The lowest BCUT2D eigenvalue weighted by atomic mass is 9.79. The van der Waals surface area contributed by atoms with Crippen LogP contribution in [0.1, 0.15) is 58.6 Å². The summed E-state index contributed by atoms with van der Waals surface area (Å²) in [5.41, 5.74) is 1.38. The van der Waals surface area contributed by atoms with E-state index in [0.717, 1.165) is 58.5 Å². The number of likely N-dealkylation sites (tertiary alicyclic amines) is 2. The molecule has 5 heterocycles. The molecule has 0 unspecified atom stereocenters. The van der Waals surface area contributed by atoms with Crippen LogP contribution in [0.4, 0.5) is 0 Å². The minimum absolute atomic E-state index is 0.0924. The number of hydrogen-bond acceptors (Lipinski definition) is 7. The zero-order valence-corrected chi connectivity index (χ0v) is 18.8. The minimum Gasteiger partial charge on any atom is -0.417 e. The molecule has 0 N–H and O–H groups in total. The van der Waals surface area contributed by atoms with Gasteiger partial charge < -0.3 is 19.0 Å². The normalized spacial score (nSPS) is 27.3. The maximum atomic E-state index is 12.4. The Kier molecular flexibility index (Phi) is 5.19. The van der Waals surface area contributed by atoms with Crippen molar-refractivity contribution in [3.63, 3.8) is 0 Å². The van der Waals surface area contributed by atoms with Crippen molar-refractivity contribution in [1.29, 1.82) is 0 Å². The first-order valence-corrected chi connectivity index (χ1v) is 11.9. The molecule has 8 heteroatoms. The lowest BCUT2D eigenvalue weighted by molar-refractivity contribution is -0.114. The first-order valence-electron chi connectivity index (χ1n) is 11.1. The van der Waals surface area contributed by atoms with E-state index in [9.17, 15) is 4.79 Å². The molecule has 1 spiro atoms. The predicted molar refractivity (Wildman–Crippen MR) is 114 cm³/mol. The highest BCUT2D eigenvalue weighted by atomic mass is 32.1. The monoisotopic (exact) mass is 430 g/mol. The lowest BCUT2D eigenvalue weighted by Crippen LogP contribution is -2.57. The molecule has 2 saturated heterocycles. The molecule has 162 valence electrons. The Bertz CT molecular complexity index is 935. The van der Waals surface area contributed by atoms with Gasteiger partial charge in [-0.25, -0.2) is 0 Å². The van der Waals surface area contributed by atoms with Crippen LogP contribution in [0.2, 0.25) is 0 Å². The number of ether oxygens (including phenoxy) is 1. The van der Waals surface area contributed by atoms with E-state index in [1.54, 1.807) is 11.8 Å². The van der Waals surface area contributed by atoms with Gasteiger partial charge in [-0.05, 0) is 37.8 Å². The number of rotatable bonds is 4. The fraction of sp³-hybridized carbons (Fsp3) is 0.682. The Hall–Kier alpha value is -1.77. The van der Waals surface area contributed by atoms with Crippen LogP contribution < -0.4 is 0 Å². The molecule has 7 nitrogen and oxygen atoms in total. The summed E-state index contributed by atoms with van der Waals surface area (Å²) in [6.45, 7) is 10.7. The summed E-state index contributed by atoms with van der Waals surface area (Å²) in [5.74, 6) is 0.887. The summed E-state index contributed by atoms with van der Waals surface area (Å²) in [6, 6.07) is 2.88. The number of fused-ring (bicyclic) bond motifs is 2. The molecule has 30 heavy (non-hydrogen) atoms. The van der Waals surface area contributed by atoms with Crippen LogP contribution >= 0.6 is 11.3 Å². The Morgan fingerprint density at radius 1 is 1.37 bits per heavy atom. The molecule has 5 rings (SSSR count). The highest BCUT2D eigenvalue weighted by molar-refractivity contribution is 7.12. The molecule has 0 bridgehead atoms. The van der Waals surface area contributed by atoms with E-state index in [1.165, 1.54) is 10.4 Å². The van der Waals surface area contributed by atoms with Gasteiger partial charge in [0.05, 0.1) is 12.2 Å². The van der Waals surface area contributed by atoms with Crippen molar-refractivity contribution in [1.82, 2.24) is 20.0 Å². The van der Waals surface area contributed by atoms with Gasteiger partial charge in [0.25, 0.3) is 0 Å². The standard InChI is InChI=1S/C22H30N4O3S/c1-4-17-9-18-19(30-17)5-8-28-22(18)6-7-25(14(2)10-22)11-16-12-26(13-16)21(27)20-24-23-15(3)29-20/h9,14,16H,4-8,10-13H2,1-3H3/t14-,22+/m0/s1. The average Bonchev–Trinajstić information content (AvgIpc) is 3.32. The summed E-state index contributed by atoms with van der Waals surface area (Å²) >= 11 is 1.98. The van der Waals surface area contributed by atoms with E-state index in [4.69, 9.17) is 9.15 Å². The molecule has 2 atom stereocenters. The molecule has 3 aliphatic heterocycles. The third kappa shape index (κ3) is 3.48. The highest BCUT2D eigenvalue weighted by Crippen LogP contribution is 2.46. The van der Waals surface area contributed by atoms with Gasteiger partial charge in [-0.3, -0.25) is 4.79 Å². The van der Waals surface area contributed by atoms with Crippen LogP contribution in [-0.4, -0.2) is 64.7 Å². The number of carbonyl (C=O) groups is 1. The van der Waals surface area contributed by atoms with Crippen LogP contribution in [0.3, 0.4) is 0 Å². The zero-order chi connectivity index (χ0) is 20.9. The number of carbonyl (C=O) groups excluding carboxylic acids is 1. The van der Waals surface area contributed by atoms with Gasteiger partial charge in [0.1, 0.15) is 0 Å². The first kappa shape index (κ1) is 20.2. The highest BCUT2D eigenvalue weighted by Gasteiger charge is 2.45. The summed E-state index contributed by atoms with van der Waals surface area (Å²) in [7, 11) is 0. The van der Waals surface area contributed by atoms with Crippen LogP contribution in [0.15, 0.2) is 10.5 Å². The Morgan fingerprint density at radius 2 is 2.20 bits per heavy atom. The summed E-state index contributed by atoms with van der Waals surface area (Å²) < 4.78 is 11.7. The second-order valence-electron chi connectivity index (χ2n) is 9.00. The van der Waals surface area contributed by atoms with E-state index in [0.29, 0.717) is 17.9 Å². The van der Waals surface area contributed by atoms with E-state index in [-0.39, 0.29) is 17.4 Å². The van der Waals surface area contributed by atoms with Gasteiger partial charge in [0, 0.05) is 61.2 Å². The van der Waals surface area contributed by atoms with Crippen molar-refractivity contribution < 1.29 is 13.9 Å². The molecular weight excluding hydrogens is 400 g/mol. The molecular formula is C22H30N4O3S. The molecule has 2 aromatic heterocycles. The van der Waals surface area contributed by atoms with Gasteiger partial charge >= 0.3 is 11.8 Å². The molecule has 0 saturated carbocycles. The fourth-order valence-corrected chi connectivity index (χ4v) is 6.43. The maximum Gasteiger partial charge on any atom is 0.311 e. The minimum atomic E-state index is -0.148. The van der Waals surface area contributed by atoms with Crippen molar-refractivity contribution in [3.8, 4) is 0 Å². The van der Waals surface area contributed by atoms with Crippen molar-refractivity contribution in [2.24, 2.45) is 5.92 Å². The second kappa shape index (κ2) is 7.73. The second-order valence-corrected chi connectivity index (χ2v) is 10.2. The molecule has 1 amide bonds. The molecule has 2 fully saturated rings. The number of nitrogens with zero attached hydrogens (tertiary/aromatic N) is 4. The van der Waals surface area contributed by atoms with Crippen molar-refractivity contribution in [3.05, 3.63) is 33.2 Å². The quantitative estimate of drug-likeness (QED) is 0.743. The average molecular weight is 431 g/mol. The molecule has 0 radical (unpaired) electrons. The largest absolute Gasteiger partial charge is 0.417 e. The fourth-order valence-electron chi connectivity index (χ4n) is 5.25. The zero-order valence-electron chi connectivity index (χ0n) is 18.0. The number of thiophene rings is 1. The number of amides is 1. The van der Waals surface area contributed by atoms with Crippen LogP contribution in [0.25, 0.3) is 0 Å². The number of piperidine rings is 1. The van der Waals surface area contributed by atoms with Crippen molar-refractivity contribution in [2.75, 3.05) is 32.8 Å². The smallest absolute Gasteiger partial charge is 0.311 e. The third-order valence-electron chi connectivity index (χ3n) is 6.90. The van der Waals surface area contributed by atoms with Crippen molar-refractivity contribution in [2.45, 2.75) is 58.1 Å². The first-order chi connectivity index (χ1) is 14.5. The maximum absolute atomic E-state index is 12.4. The predicted octanol–water partition coefficient (Wildman–Crippen LogP) is 3.03. The Morgan fingerprint density at radius 3 is 2.90 bits per heavy atom. The topological polar surface area (TPSA) is 71.7 Å². The van der Waals surface area contributed by atoms with Gasteiger partial charge in [0.2, 0.25) is 5.89 Å². The van der Waals surface area contributed by atoms with Crippen LogP contribution in [0, 0.1) is 12.8 Å². The SMILES string of the molecule is CCc1cc2c(s1)CCO[C@@]21CCN(CC2CN(C(=O)c3nnc(C)o3)C2)[C@@H](C)C1. The molecule has 0 aliphatic carbocycles. The van der Waals surface area contributed by atoms with Gasteiger partial charge in [-0.2, -0.15) is 0 Å². The Balaban J connectivity index is 1.18. The number of aromatic nitrogens is 2. The van der Waals surface area contributed by atoms with Crippen LogP contribution in [-0.2, 0) is 23.2 Å². The van der Waals surface area contributed by atoms with E-state index in [1.807, 2.05) is 16.2 Å². The van der Waals surface area contributed by atoms with Gasteiger partial charge in [-0.15, -0.1) is 21.5 Å². The van der Waals surface area contributed by atoms with Gasteiger partial charge in [0.15, 0.2) is 0 Å². The summed E-state index contributed by atoms with van der Waals surface area (Å²) in [5, 5.41) is 7.60. The Labute approximate surface area is 181 Å². The van der Waals surface area contributed by atoms with Crippen LogP contribution in [0.5, 0.6) is 0 Å². The molecule has 2 aromatic rings. The van der Waals surface area contributed by atoms with Gasteiger partial charge in [-0.1, -0.05) is 6.92 Å². The molecule has 0 aromatic carbocycles. The van der Waals surface area contributed by atoms with E-state index in [2.05, 4.69) is 35.0 Å². The van der Waals surface area contributed by atoms with Crippen molar-refractivity contribution >= 4 is 17.2 Å². The summed E-state index contributed by atoms with van der Waals surface area (Å²) in [6.07, 6.45) is 4.28. The lowest BCUT2D eigenvalue weighted by Gasteiger charge is -2.49. The van der Waals surface area contributed by atoms with E-state index >= 15 is 0 Å². The molecule has 3 aliphatic rings. The summed E-state index contributed by atoms with van der Waals surface area (Å²) in [4.78, 5) is 19.8. The van der Waals surface area contributed by atoms with E-state index < -0.39 is 0 Å². The third-order valence-corrected chi connectivity index (χ3v) is 8.24. The number of aryl methyl sites for hydroxylation is 2. The number of hydrogen-bond donors (Lipinski definition) is 0.